The van der Waals surface area contributed by atoms with Crippen molar-refractivity contribution in [3.63, 3.8) is 0 Å². The monoisotopic (exact) mass is 460 g/mol. The van der Waals surface area contributed by atoms with Gasteiger partial charge in [0.2, 0.25) is 0 Å². The van der Waals surface area contributed by atoms with E-state index >= 15 is 0 Å². The van der Waals surface area contributed by atoms with Gasteiger partial charge in [-0.3, -0.25) is 20.4 Å². The molecule has 34 heavy (non-hydrogen) atoms. The minimum absolute atomic E-state index is 0.190. The fraction of sp³-hybridized carbons (Fsp3) is 0.0800. The van der Waals surface area contributed by atoms with Crippen LogP contribution in [0.15, 0.2) is 79.0 Å². The Labute approximate surface area is 194 Å². The molecular weight excluding hydrogens is 439 g/mol. The molecule has 0 bridgehead atoms. The fourth-order valence-electron chi connectivity index (χ4n) is 3.31. The minimum atomic E-state index is -0.600. The van der Waals surface area contributed by atoms with Crippen LogP contribution < -0.4 is 20.3 Å². The summed E-state index contributed by atoms with van der Waals surface area (Å²) < 4.78 is 25.5. The Bertz CT molecular complexity index is 1320. The van der Waals surface area contributed by atoms with Crippen molar-refractivity contribution in [2.75, 3.05) is 14.2 Å². The lowest BCUT2D eigenvalue weighted by Crippen LogP contribution is -2.41. The number of aromatic nitrogens is 2. The van der Waals surface area contributed by atoms with Crippen molar-refractivity contribution < 1.29 is 23.5 Å². The molecule has 1 aromatic heterocycles. The molecule has 0 radical (unpaired) electrons. The van der Waals surface area contributed by atoms with Gasteiger partial charge in [0, 0.05) is 17.3 Å². The first kappa shape index (κ1) is 22.5. The van der Waals surface area contributed by atoms with Crippen LogP contribution in [0, 0.1) is 5.82 Å². The third kappa shape index (κ3) is 4.73. The Morgan fingerprint density at radius 1 is 0.882 bits per heavy atom. The topological polar surface area (TPSA) is 94.5 Å². The third-order valence-corrected chi connectivity index (χ3v) is 5.04. The fourth-order valence-corrected chi connectivity index (χ4v) is 3.31. The number of carbonyl (C=O) groups excluding carboxylic acids is 2. The lowest BCUT2D eigenvalue weighted by atomic mass is 10.1. The van der Waals surface area contributed by atoms with Crippen LogP contribution in [0.4, 0.5) is 4.39 Å². The predicted octanol–water partition coefficient (Wildman–Crippen LogP) is 3.77. The molecule has 0 atom stereocenters. The van der Waals surface area contributed by atoms with Gasteiger partial charge in [-0.15, -0.1) is 0 Å². The summed E-state index contributed by atoms with van der Waals surface area (Å²) >= 11 is 0. The summed E-state index contributed by atoms with van der Waals surface area (Å²) in [6.45, 7) is 0. The molecule has 0 saturated heterocycles. The summed E-state index contributed by atoms with van der Waals surface area (Å²) in [6, 6.07) is 19.4. The van der Waals surface area contributed by atoms with Crippen LogP contribution >= 0.6 is 0 Å². The summed E-state index contributed by atoms with van der Waals surface area (Å²) in [4.78, 5) is 25.5. The Kier molecular flexibility index (Phi) is 6.54. The standard InChI is InChI=1S/C25H21FN4O4/c1-33-19-12-13-22(34-2)20(14-19)23-21(15-30(29-23)18-6-4-3-5-7-18)25(32)28-27-24(31)16-8-10-17(26)11-9-16/h3-15H,1-2H3,(H,27,31)(H,28,32). The Morgan fingerprint density at radius 3 is 2.26 bits per heavy atom. The van der Waals surface area contributed by atoms with E-state index in [2.05, 4.69) is 16.0 Å². The molecule has 0 spiro atoms. The van der Waals surface area contributed by atoms with Gasteiger partial charge in [-0.25, -0.2) is 9.07 Å². The summed E-state index contributed by atoms with van der Waals surface area (Å²) in [7, 11) is 3.05. The van der Waals surface area contributed by atoms with Crippen molar-refractivity contribution in [2.24, 2.45) is 0 Å². The molecule has 8 nitrogen and oxygen atoms in total. The molecule has 4 rings (SSSR count). The SMILES string of the molecule is COc1ccc(OC)c(-c2nn(-c3ccccc3)cc2C(=O)NNC(=O)c2ccc(F)cc2)c1. The van der Waals surface area contributed by atoms with Crippen LogP contribution in [0.5, 0.6) is 11.5 Å². The van der Waals surface area contributed by atoms with Crippen LogP contribution in [0.3, 0.4) is 0 Å². The molecule has 1 heterocycles. The predicted molar refractivity (Wildman–Crippen MR) is 123 cm³/mol. The molecule has 0 aliphatic rings. The maximum atomic E-state index is 13.1. The first-order valence-corrected chi connectivity index (χ1v) is 10.2. The van der Waals surface area contributed by atoms with E-state index in [1.165, 1.54) is 26.4 Å². The Morgan fingerprint density at radius 2 is 1.59 bits per heavy atom. The van der Waals surface area contributed by atoms with E-state index in [1.54, 1.807) is 29.1 Å². The summed E-state index contributed by atoms with van der Waals surface area (Å²) in [5.74, 6) is -0.614. The molecule has 172 valence electrons. The molecule has 0 aliphatic heterocycles. The molecule has 0 unspecified atom stereocenters. The number of benzene rings is 3. The maximum absolute atomic E-state index is 13.1. The quantitative estimate of drug-likeness (QED) is 0.427. The van der Waals surface area contributed by atoms with Crippen molar-refractivity contribution in [3.8, 4) is 28.4 Å². The first-order valence-electron chi connectivity index (χ1n) is 10.2. The molecule has 0 saturated carbocycles. The second-order valence-electron chi connectivity index (χ2n) is 7.15. The number of nitrogens with zero attached hydrogens (tertiary/aromatic N) is 2. The molecule has 2 N–H and O–H groups in total. The number of amides is 2. The number of halogens is 1. The smallest absolute Gasteiger partial charge is 0.273 e. The van der Waals surface area contributed by atoms with Gasteiger partial charge in [0.1, 0.15) is 23.0 Å². The highest BCUT2D eigenvalue weighted by Crippen LogP contribution is 2.35. The zero-order valence-corrected chi connectivity index (χ0v) is 18.4. The van der Waals surface area contributed by atoms with Crippen molar-refractivity contribution in [3.05, 3.63) is 95.9 Å². The van der Waals surface area contributed by atoms with Crippen LogP contribution in [0.25, 0.3) is 16.9 Å². The van der Waals surface area contributed by atoms with Crippen molar-refractivity contribution >= 4 is 11.8 Å². The average molecular weight is 460 g/mol. The average Bonchev–Trinajstić information content (AvgIpc) is 3.33. The van der Waals surface area contributed by atoms with Gasteiger partial charge in [-0.05, 0) is 54.6 Å². The molecule has 3 aromatic carbocycles. The highest BCUT2D eigenvalue weighted by Gasteiger charge is 2.22. The number of ether oxygens (including phenoxy) is 2. The van der Waals surface area contributed by atoms with E-state index < -0.39 is 17.6 Å². The second-order valence-corrected chi connectivity index (χ2v) is 7.15. The zero-order chi connectivity index (χ0) is 24.1. The van der Waals surface area contributed by atoms with Crippen molar-refractivity contribution in [1.82, 2.24) is 20.6 Å². The van der Waals surface area contributed by atoms with E-state index in [1.807, 2.05) is 30.3 Å². The molecule has 9 heteroatoms. The van der Waals surface area contributed by atoms with E-state index in [4.69, 9.17) is 9.47 Å². The van der Waals surface area contributed by atoms with Gasteiger partial charge in [-0.1, -0.05) is 18.2 Å². The van der Waals surface area contributed by atoms with Gasteiger partial charge in [0.05, 0.1) is 25.5 Å². The van der Waals surface area contributed by atoms with Crippen LogP contribution in [-0.2, 0) is 0 Å². The normalized spacial score (nSPS) is 10.4. The number of carbonyl (C=O) groups is 2. The Balaban J connectivity index is 1.69. The van der Waals surface area contributed by atoms with Crippen molar-refractivity contribution in [2.45, 2.75) is 0 Å². The lowest BCUT2D eigenvalue weighted by molar-refractivity contribution is 0.0847. The molecule has 0 aliphatic carbocycles. The van der Waals surface area contributed by atoms with Crippen LogP contribution in [0.2, 0.25) is 0 Å². The van der Waals surface area contributed by atoms with Gasteiger partial charge in [-0.2, -0.15) is 5.10 Å². The maximum Gasteiger partial charge on any atom is 0.273 e. The largest absolute Gasteiger partial charge is 0.497 e. The lowest BCUT2D eigenvalue weighted by Gasteiger charge is -2.11. The van der Waals surface area contributed by atoms with Crippen LogP contribution in [0.1, 0.15) is 20.7 Å². The number of hydrogen-bond donors (Lipinski definition) is 2. The molecule has 4 aromatic rings. The summed E-state index contributed by atoms with van der Waals surface area (Å²) in [5, 5.41) is 4.62. The van der Waals surface area contributed by atoms with E-state index in [9.17, 15) is 14.0 Å². The highest BCUT2D eigenvalue weighted by atomic mass is 19.1. The van der Waals surface area contributed by atoms with Gasteiger partial charge in [0.15, 0.2) is 0 Å². The Hall–Kier alpha value is -4.66. The number of nitrogens with one attached hydrogen (secondary N) is 2. The van der Waals surface area contributed by atoms with E-state index in [-0.39, 0.29) is 11.1 Å². The van der Waals surface area contributed by atoms with Gasteiger partial charge in [0.25, 0.3) is 11.8 Å². The number of para-hydroxylation sites is 1. The van der Waals surface area contributed by atoms with Crippen LogP contribution in [-0.4, -0.2) is 35.8 Å². The second kappa shape index (κ2) is 9.86. The zero-order valence-electron chi connectivity index (χ0n) is 18.4. The van der Waals surface area contributed by atoms with Crippen molar-refractivity contribution in [1.29, 1.82) is 0 Å². The number of rotatable bonds is 6. The number of methoxy groups -OCH3 is 2. The highest BCUT2D eigenvalue weighted by molar-refractivity contribution is 6.02. The summed E-state index contributed by atoms with van der Waals surface area (Å²) in [6.07, 6.45) is 1.56. The molecule has 2 amide bonds. The molecule has 0 fully saturated rings. The van der Waals surface area contributed by atoms with E-state index in [0.29, 0.717) is 22.8 Å². The van der Waals surface area contributed by atoms with Gasteiger partial charge < -0.3 is 9.47 Å². The number of hydrogen-bond acceptors (Lipinski definition) is 5. The first-order chi connectivity index (χ1) is 16.5. The van der Waals surface area contributed by atoms with E-state index in [0.717, 1.165) is 17.8 Å². The summed E-state index contributed by atoms with van der Waals surface area (Å²) in [5.41, 5.74) is 6.71. The minimum Gasteiger partial charge on any atom is -0.497 e. The number of hydrazine groups is 1. The third-order valence-electron chi connectivity index (χ3n) is 5.04. The molecular formula is C25H21FN4O4. The van der Waals surface area contributed by atoms with Gasteiger partial charge >= 0.3 is 0 Å².